The van der Waals surface area contributed by atoms with Crippen molar-refractivity contribution in [1.29, 1.82) is 0 Å². The Morgan fingerprint density at radius 3 is 2.65 bits per heavy atom. The van der Waals surface area contributed by atoms with Crippen molar-refractivity contribution in [2.45, 2.75) is 58.9 Å². The zero-order valence-corrected chi connectivity index (χ0v) is 21.1. The lowest BCUT2D eigenvalue weighted by Gasteiger charge is -2.47. The van der Waals surface area contributed by atoms with Gasteiger partial charge in [0.25, 0.3) is 11.8 Å². The Kier molecular flexibility index (Phi) is 6.34. The quantitative estimate of drug-likeness (QED) is 0.359. The van der Waals surface area contributed by atoms with E-state index in [9.17, 15) is 9.59 Å². The highest BCUT2D eigenvalue weighted by atomic mass is 32.1. The number of aryl methyl sites for hydroxylation is 1. The number of rotatable bonds is 4. The molecule has 0 radical (unpaired) electrons. The molecule has 1 N–H and O–H groups in total. The number of benzene rings is 2. The van der Waals surface area contributed by atoms with Crippen LogP contribution in [0.25, 0.3) is 6.08 Å². The van der Waals surface area contributed by atoms with Crippen LogP contribution in [0, 0.1) is 12.7 Å². The number of thiocarbonyl (C=S) groups is 1. The van der Waals surface area contributed by atoms with Crippen molar-refractivity contribution < 1.29 is 14.0 Å². The molecule has 1 unspecified atom stereocenters. The standard InChI is InChI=1S/C27H30FN3O2S/c1-6-10-30-23-14-22(28)18(12-20(23)17(3)15-27(30,4)5)13-21-24(32)29-26(34)31(25(21)33)19-9-7-8-16(2)11-19/h7-9,11-14,17H,6,10,15H2,1-5H3,(H,29,32,34)/b21-13-. The summed E-state index contributed by atoms with van der Waals surface area (Å²) in [7, 11) is 0. The maximum atomic E-state index is 15.4. The second-order valence-electron chi connectivity index (χ2n) is 9.80. The number of hydrogen-bond donors (Lipinski definition) is 1. The molecule has 2 heterocycles. The van der Waals surface area contributed by atoms with Crippen LogP contribution < -0.4 is 15.1 Å². The molecule has 1 saturated heterocycles. The maximum absolute atomic E-state index is 15.4. The summed E-state index contributed by atoms with van der Waals surface area (Å²) in [6.07, 6.45) is 3.22. The number of carbonyl (C=O) groups excluding carboxylic acids is 2. The molecule has 5 nitrogen and oxygen atoms in total. The topological polar surface area (TPSA) is 52.7 Å². The van der Waals surface area contributed by atoms with Crippen LogP contribution in [0.1, 0.15) is 63.1 Å². The number of nitrogens with zero attached hydrogens (tertiary/aromatic N) is 2. The smallest absolute Gasteiger partial charge is 0.270 e. The van der Waals surface area contributed by atoms with Crippen LogP contribution in [0.2, 0.25) is 0 Å². The lowest BCUT2D eigenvalue weighted by Crippen LogP contribution is -2.54. The number of fused-ring (bicyclic) bond motifs is 1. The van der Waals surface area contributed by atoms with E-state index in [0.717, 1.165) is 36.2 Å². The molecule has 2 amide bonds. The van der Waals surface area contributed by atoms with Crippen molar-refractivity contribution in [3.05, 3.63) is 64.5 Å². The van der Waals surface area contributed by atoms with Crippen LogP contribution in [0.5, 0.6) is 0 Å². The van der Waals surface area contributed by atoms with E-state index in [1.165, 1.54) is 11.0 Å². The molecule has 0 aromatic heterocycles. The molecule has 2 aliphatic rings. The Labute approximate surface area is 205 Å². The Balaban J connectivity index is 1.78. The molecule has 0 aliphatic carbocycles. The predicted octanol–water partition coefficient (Wildman–Crippen LogP) is 5.47. The van der Waals surface area contributed by atoms with Gasteiger partial charge in [-0.25, -0.2) is 4.39 Å². The molecule has 0 bridgehead atoms. The minimum absolute atomic E-state index is 0.00900. The summed E-state index contributed by atoms with van der Waals surface area (Å²) in [5.41, 5.74) is 3.39. The minimum atomic E-state index is -0.627. The van der Waals surface area contributed by atoms with Crippen molar-refractivity contribution in [3.63, 3.8) is 0 Å². The van der Waals surface area contributed by atoms with Crippen molar-refractivity contribution in [3.8, 4) is 0 Å². The molecule has 1 fully saturated rings. The summed E-state index contributed by atoms with van der Waals surface area (Å²) >= 11 is 5.27. The first-order valence-electron chi connectivity index (χ1n) is 11.6. The fraction of sp³-hybridized carbons (Fsp3) is 0.370. The first-order valence-corrected chi connectivity index (χ1v) is 12.0. The van der Waals surface area contributed by atoms with E-state index in [-0.39, 0.29) is 27.7 Å². The van der Waals surface area contributed by atoms with E-state index < -0.39 is 17.6 Å². The van der Waals surface area contributed by atoms with Gasteiger partial charge in [0.2, 0.25) is 0 Å². The van der Waals surface area contributed by atoms with E-state index in [0.29, 0.717) is 5.69 Å². The number of carbonyl (C=O) groups is 2. The van der Waals surface area contributed by atoms with Gasteiger partial charge in [-0.15, -0.1) is 0 Å². The zero-order valence-electron chi connectivity index (χ0n) is 20.2. The Morgan fingerprint density at radius 2 is 1.97 bits per heavy atom. The van der Waals surface area contributed by atoms with Gasteiger partial charge < -0.3 is 4.90 Å². The largest absolute Gasteiger partial charge is 0.366 e. The lowest BCUT2D eigenvalue weighted by molar-refractivity contribution is -0.122. The molecule has 178 valence electrons. The lowest BCUT2D eigenvalue weighted by atomic mass is 9.79. The normalized spacial score (nSPS) is 21.1. The van der Waals surface area contributed by atoms with Gasteiger partial charge in [0.1, 0.15) is 11.4 Å². The molecular formula is C27H30FN3O2S. The van der Waals surface area contributed by atoms with E-state index in [2.05, 4.69) is 37.9 Å². The van der Waals surface area contributed by atoms with Crippen LogP contribution in [0.15, 0.2) is 42.0 Å². The summed E-state index contributed by atoms with van der Waals surface area (Å²) in [6.45, 7) is 11.3. The first kappa shape index (κ1) is 24.1. The molecule has 34 heavy (non-hydrogen) atoms. The van der Waals surface area contributed by atoms with Crippen molar-refractivity contribution in [2.75, 3.05) is 16.3 Å². The highest BCUT2D eigenvalue weighted by Gasteiger charge is 2.38. The Morgan fingerprint density at radius 1 is 1.24 bits per heavy atom. The molecule has 7 heteroatoms. The molecule has 1 atom stereocenters. The molecule has 0 saturated carbocycles. The van der Waals surface area contributed by atoms with Gasteiger partial charge in [-0.2, -0.15) is 0 Å². The number of anilines is 2. The van der Waals surface area contributed by atoms with Gasteiger partial charge in [-0.3, -0.25) is 19.8 Å². The predicted molar refractivity (Wildman–Crippen MR) is 139 cm³/mol. The van der Waals surface area contributed by atoms with Gasteiger partial charge in [-0.05, 0) is 93.2 Å². The third kappa shape index (κ3) is 4.25. The molecule has 2 aromatic carbocycles. The summed E-state index contributed by atoms with van der Waals surface area (Å²) < 4.78 is 15.4. The second-order valence-corrected chi connectivity index (χ2v) is 10.2. The van der Waals surface area contributed by atoms with E-state index >= 15 is 4.39 Å². The number of nitrogens with one attached hydrogen (secondary N) is 1. The SMILES string of the molecule is CCCN1c2cc(F)c(/C=C3/C(=O)NC(=S)N(c4cccc(C)c4)C3=O)cc2C(C)CC1(C)C. The van der Waals surface area contributed by atoms with Gasteiger partial charge in [-0.1, -0.05) is 26.0 Å². The second kappa shape index (κ2) is 8.95. The third-order valence-corrected chi connectivity index (χ3v) is 6.90. The van der Waals surface area contributed by atoms with Crippen LogP contribution >= 0.6 is 12.2 Å². The van der Waals surface area contributed by atoms with Crippen molar-refractivity contribution in [2.24, 2.45) is 0 Å². The molecular weight excluding hydrogens is 449 g/mol. The monoisotopic (exact) mass is 479 g/mol. The molecule has 4 rings (SSSR count). The first-order chi connectivity index (χ1) is 16.0. The average molecular weight is 480 g/mol. The fourth-order valence-electron chi connectivity index (χ4n) is 5.09. The van der Waals surface area contributed by atoms with Gasteiger partial charge in [0.15, 0.2) is 5.11 Å². The van der Waals surface area contributed by atoms with Gasteiger partial charge in [0.05, 0.1) is 5.69 Å². The number of halogens is 1. The summed E-state index contributed by atoms with van der Waals surface area (Å²) in [5, 5.41) is 2.58. The number of hydrogen-bond acceptors (Lipinski definition) is 4. The summed E-state index contributed by atoms with van der Waals surface area (Å²) in [5.74, 6) is -1.45. The Bertz CT molecular complexity index is 1220. The maximum Gasteiger partial charge on any atom is 0.270 e. The van der Waals surface area contributed by atoms with Gasteiger partial charge in [0, 0.05) is 23.3 Å². The van der Waals surface area contributed by atoms with Crippen LogP contribution in [-0.2, 0) is 9.59 Å². The molecule has 2 aliphatic heterocycles. The van der Waals surface area contributed by atoms with Gasteiger partial charge >= 0.3 is 0 Å². The van der Waals surface area contributed by atoms with Crippen LogP contribution in [-0.4, -0.2) is 29.0 Å². The third-order valence-electron chi connectivity index (χ3n) is 6.61. The van der Waals surface area contributed by atoms with Crippen molar-refractivity contribution >= 4 is 46.6 Å². The highest BCUT2D eigenvalue weighted by Crippen LogP contribution is 2.44. The Hall–Kier alpha value is -3.06. The van der Waals surface area contributed by atoms with E-state index in [1.807, 2.05) is 25.1 Å². The summed E-state index contributed by atoms with van der Waals surface area (Å²) in [6, 6.07) is 10.6. The fourth-order valence-corrected chi connectivity index (χ4v) is 5.37. The summed E-state index contributed by atoms with van der Waals surface area (Å²) in [4.78, 5) is 29.6. The van der Waals surface area contributed by atoms with Crippen LogP contribution in [0.4, 0.5) is 15.8 Å². The minimum Gasteiger partial charge on any atom is -0.366 e. The average Bonchev–Trinajstić information content (AvgIpc) is 2.74. The van der Waals surface area contributed by atoms with E-state index in [4.69, 9.17) is 12.2 Å². The highest BCUT2D eigenvalue weighted by molar-refractivity contribution is 7.80. The van der Waals surface area contributed by atoms with E-state index in [1.54, 1.807) is 18.2 Å². The zero-order chi connectivity index (χ0) is 24.8. The number of amides is 2. The van der Waals surface area contributed by atoms with Crippen LogP contribution in [0.3, 0.4) is 0 Å². The molecule has 2 aromatic rings. The van der Waals surface area contributed by atoms with Crippen molar-refractivity contribution in [1.82, 2.24) is 5.32 Å². The molecule has 0 spiro atoms.